The number of nitrogens with one attached hydrogen (secondary N) is 1. The van der Waals surface area contributed by atoms with E-state index in [1.165, 1.54) is 5.56 Å². The van der Waals surface area contributed by atoms with Crippen LogP contribution in [0.5, 0.6) is 0 Å². The van der Waals surface area contributed by atoms with Crippen LogP contribution in [-0.4, -0.2) is 10.5 Å². The summed E-state index contributed by atoms with van der Waals surface area (Å²) < 4.78 is 7.34. The van der Waals surface area contributed by atoms with Crippen molar-refractivity contribution in [3.63, 3.8) is 0 Å². The van der Waals surface area contributed by atoms with Gasteiger partial charge in [0.25, 0.3) is 5.91 Å². The minimum Gasteiger partial charge on any atom is -0.467 e. The molecule has 0 saturated carbocycles. The summed E-state index contributed by atoms with van der Waals surface area (Å²) >= 11 is 0. The molecule has 0 aliphatic carbocycles. The first-order chi connectivity index (χ1) is 15.6. The summed E-state index contributed by atoms with van der Waals surface area (Å²) in [7, 11) is 0. The summed E-state index contributed by atoms with van der Waals surface area (Å²) in [6.45, 7) is 4.23. The van der Waals surface area contributed by atoms with Gasteiger partial charge in [0.1, 0.15) is 17.4 Å². The van der Waals surface area contributed by atoms with E-state index in [0.29, 0.717) is 5.76 Å². The maximum atomic E-state index is 12.5. The second-order valence-corrected chi connectivity index (χ2v) is 7.51. The fraction of sp³-hybridized carbons (Fsp3) is 0.111. The van der Waals surface area contributed by atoms with E-state index in [1.54, 1.807) is 24.5 Å². The van der Waals surface area contributed by atoms with Crippen LogP contribution in [0.2, 0.25) is 0 Å². The smallest absolute Gasteiger partial charge is 0.262 e. The van der Waals surface area contributed by atoms with Gasteiger partial charge in [0.2, 0.25) is 0 Å². The van der Waals surface area contributed by atoms with Gasteiger partial charge in [0.15, 0.2) is 0 Å². The molecule has 158 valence electrons. The number of furan rings is 1. The monoisotopic (exact) mass is 421 g/mol. The van der Waals surface area contributed by atoms with Gasteiger partial charge in [-0.25, -0.2) is 0 Å². The van der Waals surface area contributed by atoms with E-state index in [9.17, 15) is 10.1 Å². The van der Waals surface area contributed by atoms with E-state index < -0.39 is 5.91 Å². The molecular weight excluding hydrogens is 398 g/mol. The molecule has 0 aliphatic rings. The largest absolute Gasteiger partial charge is 0.467 e. The van der Waals surface area contributed by atoms with Gasteiger partial charge in [-0.15, -0.1) is 0 Å². The number of hydrogen-bond acceptors (Lipinski definition) is 3. The number of carbonyl (C=O) groups is 1. The van der Waals surface area contributed by atoms with Crippen LogP contribution in [-0.2, 0) is 11.3 Å². The molecule has 2 heterocycles. The van der Waals surface area contributed by atoms with Crippen LogP contribution >= 0.6 is 0 Å². The van der Waals surface area contributed by atoms with Crippen LogP contribution in [0.4, 0.5) is 0 Å². The minimum atomic E-state index is -0.430. The number of nitriles is 1. The molecule has 4 aromatic rings. The van der Waals surface area contributed by atoms with Gasteiger partial charge < -0.3 is 14.3 Å². The lowest BCUT2D eigenvalue weighted by Gasteiger charge is -2.11. The van der Waals surface area contributed by atoms with Crippen molar-refractivity contribution in [2.75, 3.05) is 0 Å². The number of aryl methyl sites for hydroxylation is 1. The molecule has 5 nitrogen and oxygen atoms in total. The first-order valence-electron chi connectivity index (χ1n) is 10.3. The molecule has 0 saturated heterocycles. The average Bonchev–Trinajstić information content (AvgIpc) is 3.44. The van der Waals surface area contributed by atoms with Gasteiger partial charge in [-0.1, -0.05) is 42.5 Å². The molecule has 1 amide bonds. The van der Waals surface area contributed by atoms with E-state index in [2.05, 4.69) is 46.3 Å². The third-order valence-electron chi connectivity index (χ3n) is 5.37. The molecule has 4 rings (SSSR count). The van der Waals surface area contributed by atoms with Crippen molar-refractivity contribution in [1.82, 2.24) is 9.88 Å². The number of benzene rings is 2. The molecule has 32 heavy (non-hydrogen) atoms. The molecule has 0 aliphatic heterocycles. The molecule has 0 bridgehead atoms. The predicted octanol–water partition coefficient (Wildman–Crippen LogP) is 5.58. The predicted molar refractivity (Wildman–Crippen MR) is 125 cm³/mol. The molecule has 0 unspecified atom stereocenters. The Kier molecular flexibility index (Phi) is 6.05. The number of nitrogens with zero attached hydrogens (tertiary/aromatic N) is 2. The zero-order valence-electron chi connectivity index (χ0n) is 18.0. The summed E-state index contributed by atoms with van der Waals surface area (Å²) in [5, 5.41) is 12.2. The van der Waals surface area contributed by atoms with Crippen molar-refractivity contribution in [2.45, 2.75) is 20.4 Å². The highest BCUT2D eigenvalue weighted by Crippen LogP contribution is 2.25. The van der Waals surface area contributed by atoms with E-state index in [1.807, 2.05) is 44.2 Å². The quantitative estimate of drug-likeness (QED) is 0.326. The number of rotatable bonds is 6. The van der Waals surface area contributed by atoms with Gasteiger partial charge in [0, 0.05) is 17.1 Å². The fourth-order valence-corrected chi connectivity index (χ4v) is 3.74. The van der Waals surface area contributed by atoms with Crippen molar-refractivity contribution in [3.8, 4) is 22.9 Å². The van der Waals surface area contributed by atoms with Crippen molar-refractivity contribution < 1.29 is 9.21 Å². The van der Waals surface area contributed by atoms with E-state index in [0.717, 1.165) is 28.2 Å². The van der Waals surface area contributed by atoms with E-state index in [4.69, 9.17) is 4.42 Å². The average molecular weight is 422 g/mol. The van der Waals surface area contributed by atoms with Gasteiger partial charge >= 0.3 is 0 Å². The molecule has 0 radical (unpaired) electrons. The van der Waals surface area contributed by atoms with Crippen LogP contribution < -0.4 is 5.32 Å². The van der Waals surface area contributed by atoms with Crippen molar-refractivity contribution >= 4 is 12.0 Å². The zero-order chi connectivity index (χ0) is 22.5. The molecule has 2 aromatic carbocycles. The third kappa shape index (κ3) is 4.40. The second kappa shape index (κ2) is 9.23. The molecule has 1 N–H and O–H groups in total. The highest BCUT2D eigenvalue weighted by Gasteiger charge is 2.14. The Morgan fingerprint density at radius 2 is 1.75 bits per heavy atom. The Hall–Kier alpha value is -4.30. The minimum absolute atomic E-state index is 0.0521. The fourth-order valence-electron chi connectivity index (χ4n) is 3.74. The number of aromatic nitrogens is 1. The number of carbonyl (C=O) groups excluding carboxylic acids is 1. The topological polar surface area (TPSA) is 71.0 Å². The Balaban J connectivity index is 1.58. The Morgan fingerprint density at radius 1 is 1.03 bits per heavy atom. The van der Waals surface area contributed by atoms with Gasteiger partial charge in [-0.2, -0.15) is 5.26 Å². The summed E-state index contributed by atoms with van der Waals surface area (Å²) in [5.41, 5.74) is 6.21. The van der Waals surface area contributed by atoms with Gasteiger partial charge in [0.05, 0.1) is 12.8 Å². The zero-order valence-corrected chi connectivity index (χ0v) is 18.0. The van der Waals surface area contributed by atoms with Gasteiger partial charge in [-0.05, 0) is 66.9 Å². The molecule has 0 atom stereocenters. The first kappa shape index (κ1) is 21.0. The van der Waals surface area contributed by atoms with E-state index >= 15 is 0 Å². The molecule has 5 heteroatoms. The van der Waals surface area contributed by atoms with E-state index in [-0.39, 0.29) is 12.1 Å². The Morgan fingerprint density at radius 3 is 2.41 bits per heavy atom. The standard InChI is InChI=1S/C27H23N3O2/c1-19-15-23(16-24(17-28)27(31)29-18-26-9-6-14-32-26)20(2)30(19)25-12-10-22(11-13-25)21-7-4-3-5-8-21/h3-16H,18H2,1-2H3,(H,29,31)/b24-16+. The lowest BCUT2D eigenvalue weighted by Crippen LogP contribution is -2.23. The van der Waals surface area contributed by atoms with Crippen LogP contribution in [0.25, 0.3) is 22.9 Å². The highest BCUT2D eigenvalue weighted by atomic mass is 16.3. The second-order valence-electron chi connectivity index (χ2n) is 7.51. The SMILES string of the molecule is Cc1cc(/C=C(\C#N)C(=O)NCc2ccco2)c(C)n1-c1ccc(-c2ccccc2)cc1. The van der Waals surface area contributed by atoms with Crippen LogP contribution in [0.15, 0.2) is 89.0 Å². The Labute approximate surface area is 187 Å². The van der Waals surface area contributed by atoms with Crippen molar-refractivity contribution in [3.05, 3.63) is 107 Å². The number of amides is 1. The van der Waals surface area contributed by atoms with Crippen LogP contribution in [0, 0.1) is 25.2 Å². The maximum absolute atomic E-state index is 12.5. The van der Waals surface area contributed by atoms with Crippen LogP contribution in [0.1, 0.15) is 22.7 Å². The molecular formula is C27H23N3O2. The highest BCUT2D eigenvalue weighted by molar-refractivity contribution is 6.01. The van der Waals surface area contributed by atoms with Crippen molar-refractivity contribution in [1.29, 1.82) is 5.26 Å². The lowest BCUT2D eigenvalue weighted by molar-refractivity contribution is -0.117. The summed E-state index contributed by atoms with van der Waals surface area (Å²) in [4.78, 5) is 12.5. The third-order valence-corrected chi connectivity index (χ3v) is 5.37. The molecule has 0 fully saturated rings. The molecule has 2 aromatic heterocycles. The maximum Gasteiger partial charge on any atom is 0.262 e. The normalized spacial score (nSPS) is 11.2. The van der Waals surface area contributed by atoms with Crippen molar-refractivity contribution in [2.24, 2.45) is 0 Å². The Bertz CT molecular complexity index is 1290. The summed E-state index contributed by atoms with van der Waals surface area (Å²) in [6.07, 6.45) is 3.18. The van der Waals surface area contributed by atoms with Gasteiger partial charge in [-0.3, -0.25) is 4.79 Å². The molecule has 0 spiro atoms. The first-order valence-corrected chi connectivity index (χ1v) is 10.3. The number of hydrogen-bond donors (Lipinski definition) is 1. The summed E-state index contributed by atoms with van der Waals surface area (Å²) in [5.74, 6) is 0.202. The summed E-state index contributed by atoms with van der Waals surface area (Å²) in [6, 6.07) is 26.1. The van der Waals surface area contributed by atoms with Crippen LogP contribution in [0.3, 0.4) is 0 Å². The lowest BCUT2D eigenvalue weighted by atomic mass is 10.1.